The molecule has 2 aliphatic carbocycles. The Bertz CT molecular complexity index is 392. The van der Waals surface area contributed by atoms with E-state index >= 15 is 0 Å². The quantitative estimate of drug-likeness (QED) is 0.514. The van der Waals surface area contributed by atoms with Crippen molar-refractivity contribution in [3.8, 4) is 0 Å². The van der Waals surface area contributed by atoms with E-state index in [0.717, 1.165) is 17.8 Å². The molecule has 0 aromatic heterocycles. The molecule has 0 aromatic carbocycles. The molecule has 0 aromatic rings. The molecule has 0 amide bonds. The lowest BCUT2D eigenvalue weighted by Gasteiger charge is -2.36. The fraction of sp³-hybridized carbons (Fsp3) is 0.789. The van der Waals surface area contributed by atoms with Gasteiger partial charge >= 0.3 is 0 Å². The Morgan fingerprint density at radius 1 is 1.05 bits per heavy atom. The lowest BCUT2D eigenvalue weighted by atomic mass is 9.69. The zero-order valence-corrected chi connectivity index (χ0v) is 14.6. The van der Waals surface area contributed by atoms with Crippen LogP contribution in [-0.4, -0.2) is 0 Å². The molecule has 19 heavy (non-hydrogen) atoms. The molecule has 3 unspecified atom stereocenters. The summed E-state index contributed by atoms with van der Waals surface area (Å²) < 4.78 is 0. The van der Waals surface area contributed by atoms with Gasteiger partial charge in [-0.2, -0.15) is 0 Å². The van der Waals surface area contributed by atoms with Crippen LogP contribution in [0.15, 0.2) is 22.3 Å². The van der Waals surface area contributed by atoms with E-state index in [1.54, 1.807) is 22.3 Å². The van der Waals surface area contributed by atoms with Gasteiger partial charge in [0, 0.05) is 0 Å². The molecule has 2 aliphatic rings. The molecule has 0 heteroatoms. The van der Waals surface area contributed by atoms with Crippen molar-refractivity contribution in [3.05, 3.63) is 22.3 Å². The van der Waals surface area contributed by atoms with Gasteiger partial charge in [0.1, 0.15) is 0 Å². The van der Waals surface area contributed by atoms with Gasteiger partial charge in [-0.25, -0.2) is 0 Å². The van der Waals surface area contributed by atoms with E-state index in [9.17, 15) is 0 Å². The van der Waals surface area contributed by atoms with Gasteiger partial charge in [0.15, 0.2) is 0 Å². The molecule has 0 spiro atoms. The van der Waals surface area contributed by atoms with Crippen molar-refractivity contribution in [1.82, 2.24) is 0 Å². The average molecular weight is 262 g/mol. The summed E-state index contributed by atoms with van der Waals surface area (Å²) in [5.41, 5.74) is 7.07. The molecule has 1 saturated carbocycles. The lowest BCUT2D eigenvalue weighted by molar-refractivity contribution is 0.188. The van der Waals surface area contributed by atoms with E-state index in [0.29, 0.717) is 5.41 Å². The zero-order chi connectivity index (χ0) is 15.0. The first kappa shape index (κ1) is 16.5. The van der Waals surface area contributed by atoms with Crippen LogP contribution >= 0.6 is 0 Å². The van der Waals surface area contributed by atoms with Crippen LogP contribution in [0.4, 0.5) is 0 Å². The molecule has 0 nitrogen and oxygen atoms in total. The summed E-state index contributed by atoms with van der Waals surface area (Å²) >= 11 is 0. The van der Waals surface area contributed by atoms with Gasteiger partial charge in [-0.15, -0.1) is 0 Å². The van der Waals surface area contributed by atoms with E-state index in [4.69, 9.17) is 0 Å². The predicted molar refractivity (Wildman–Crippen MR) is 87.3 cm³/mol. The average Bonchev–Trinajstić information content (AvgIpc) is 2.67. The molecule has 0 N–H and O–H groups in total. The van der Waals surface area contributed by atoms with Crippen LogP contribution in [0.3, 0.4) is 0 Å². The van der Waals surface area contributed by atoms with Crippen LogP contribution in [0, 0.1) is 23.2 Å². The summed E-state index contributed by atoms with van der Waals surface area (Å²) in [6, 6.07) is 0. The van der Waals surface area contributed by atoms with Gasteiger partial charge in [-0.3, -0.25) is 0 Å². The van der Waals surface area contributed by atoms with Crippen molar-refractivity contribution < 1.29 is 0 Å². The Kier molecular flexibility index (Phi) is 5.09. The Hall–Kier alpha value is -0.520. The zero-order valence-electron chi connectivity index (χ0n) is 14.6. The van der Waals surface area contributed by atoms with Gasteiger partial charge in [-0.05, 0) is 61.5 Å². The highest BCUT2D eigenvalue weighted by Gasteiger charge is 2.48. The van der Waals surface area contributed by atoms with Crippen molar-refractivity contribution in [3.63, 3.8) is 0 Å². The molecule has 0 bridgehead atoms. The highest BCUT2D eigenvalue weighted by Crippen LogP contribution is 2.58. The molecule has 3 atom stereocenters. The second kappa shape index (κ2) is 5.85. The summed E-state index contributed by atoms with van der Waals surface area (Å²) in [7, 11) is 0. The normalized spacial score (nSPS) is 33.0. The molecule has 0 aliphatic heterocycles. The van der Waals surface area contributed by atoms with Gasteiger partial charge < -0.3 is 0 Å². The maximum atomic E-state index is 2.47. The fourth-order valence-corrected chi connectivity index (χ4v) is 4.46. The summed E-state index contributed by atoms with van der Waals surface area (Å²) in [5.74, 6) is 2.43. The Morgan fingerprint density at radius 2 is 1.58 bits per heavy atom. The Balaban J connectivity index is 0.000000861. The molecule has 0 radical (unpaired) electrons. The molecular weight excluding hydrogens is 228 g/mol. The van der Waals surface area contributed by atoms with Crippen molar-refractivity contribution >= 4 is 0 Å². The number of fused-ring (bicyclic) bond motifs is 1. The summed E-state index contributed by atoms with van der Waals surface area (Å²) in [4.78, 5) is 0. The standard InChI is InChI=1S/C17H28.C2H6/c1-8-15-16-13(5)11(3)10(2)12(4)14(16)9-17(15,6)7;1-2/h13,15-16H,8-9H2,1-7H3;1-2H3. The van der Waals surface area contributed by atoms with Gasteiger partial charge in [0.25, 0.3) is 0 Å². The van der Waals surface area contributed by atoms with Crippen molar-refractivity contribution in [2.75, 3.05) is 0 Å². The third kappa shape index (κ3) is 2.56. The highest BCUT2D eigenvalue weighted by molar-refractivity contribution is 5.44. The lowest BCUT2D eigenvalue weighted by Crippen LogP contribution is -2.28. The fourth-order valence-electron chi connectivity index (χ4n) is 4.46. The van der Waals surface area contributed by atoms with E-state index in [-0.39, 0.29) is 0 Å². The number of hydrogen-bond donors (Lipinski definition) is 0. The van der Waals surface area contributed by atoms with Crippen molar-refractivity contribution in [1.29, 1.82) is 0 Å². The van der Waals surface area contributed by atoms with Crippen LogP contribution in [0.2, 0.25) is 0 Å². The SMILES string of the molecule is CC.CCC1C2C(=C(C)C(C)=C(C)C2C)CC1(C)C. The van der Waals surface area contributed by atoms with E-state index in [2.05, 4.69) is 48.5 Å². The number of rotatable bonds is 1. The van der Waals surface area contributed by atoms with Crippen LogP contribution < -0.4 is 0 Å². The van der Waals surface area contributed by atoms with Gasteiger partial charge in [0.2, 0.25) is 0 Å². The molecule has 110 valence electrons. The van der Waals surface area contributed by atoms with Crippen LogP contribution in [0.1, 0.15) is 75.2 Å². The molecule has 0 heterocycles. The molecule has 2 rings (SSSR count). The minimum absolute atomic E-state index is 0.495. The second-order valence-corrected chi connectivity index (χ2v) is 6.95. The van der Waals surface area contributed by atoms with Gasteiger partial charge in [0.05, 0.1) is 0 Å². The summed E-state index contributed by atoms with van der Waals surface area (Å²) in [5, 5.41) is 0. The van der Waals surface area contributed by atoms with E-state index < -0.39 is 0 Å². The van der Waals surface area contributed by atoms with Gasteiger partial charge in [-0.1, -0.05) is 59.1 Å². The Labute approximate surface area is 121 Å². The van der Waals surface area contributed by atoms with Crippen LogP contribution in [-0.2, 0) is 0 Å². The largest absolute Gasteiger partial charge is 0.0683 e. The minimum atomic E-state index is 0.495. The Morgan fingerprint density at radius 3 is 2.05 bits per heavy atom. The maximum absolute atomic E-state index is 2.47. The smallest absolute Gasteiger partial charge is 0.0101 e. The summed E-state index contributed by atoms with van der Waals surface area (Å²) in [6.45, 7) is 20.8. The molecular formula is C19H34. The number of hydrogen-bond acceptors (Lipinski definition) is 0. The first-order valence-electron chi connectivity index (χ1n) is 8.18. The highest BCUT2D eigenvalue weighted by atomic mass is 14.5. The number of allylic oxidation sites excluding steroid dienone is 4. The van der Waals surface area contributed by atoms with E-state index in [1.165, 1.54) is 12.8 Å². The monoisotopic (exact) mass is 262 g/mol. The topological polar surface area (TPSA) is 0 Å². The minimum Gasteiger partial charge on any atom is -0.0683 e. The molecule has 1 fully saturated rings. The first-order chi connectivity index (χ1) is 8.81. The molecule has 0 saturated heterocycles. The second-order valence-electron chi connectivity index (χ2n) is 6.95. The van der Waals surface area contributed by atoms with Crippen molar-refractivity contribution in [2.45, 2.75) is 75.2 Å². The predicted octanol–water partition coefficient (Wildman–Crippen LogP) is 6.39. The van der Waals surface area contributed by atoms with Crippen molar-refractivity contribution in [2.24, 2.45) is 23.2 Å². The van der Waals surface area contributed by atoms with Crippen LogP contribution in [0.25, 0.3) is 0 Å². The van der Waals surface area contributed by atoms with E-state index in [1.807, 2.05) is 13.8 Å². The summed E-state index contributed by atoms with van der Waals surface area (Å²) in [6.07, 6.45) is 2.64. The third-order valence-electron chi connectivity index (χ3n) is 5.78. The first-order valence-corrected chi connectivity index (χ1v) is 8.18. The van der Waals surface area contributed by atoms with Crippen LogP contribution in [0.5, 0.6) is 0 Å². The third-order valence-corrected chi connectivity index (χ3v) is 5.78. The maximum Gasteiger partial charge on any atom is -0.0101 e.